The van der Waals surface area contributed by atoms with E-state index in [-0.39, 0.29) is 0 Å². The second kappa shape index (κ2) is 6.13. The van der Waals surface area contributed by atoms with Gasteiger partial charge >= 0.3 is 0 Å². The molecule has 3 unspecified atom stereocenters. The van der Waals surface area contributed by atoms with E-state index < -0.39 is 0 Å². The zero-order valence-electron chi connectivity index (χ0n) is 12.8. The van der Waals surface area contributed by atoms with Gasteiger partial charge in [-0.05, 0) is 49.6 Å². The van der Waals surface area contributed by atoms with E-state index in [1.165, 1.54) is 37.8 Å². The van der Waals surface area contributed by atoms with E-state index in [9.17, 15) is 0 Å². The predicted molar refractivity (Wildman–Crippen MR) is 83.8 cm³/mol. The number of hydrogen-bond acceptors (Lipinski definition) is 3. The first-order chi connectivity index (χ1) is 9.78. The fourth-order valence-corrected chi connectivity index (χ4v) is 4.21. The van der Waals surface area contributed by atoms with E-state index in [2.05, 4.69) is 35.2 Å². The summed E-state index contributed by atoms with van der Waals surface area (Å²) in [7, 11) is 2.21. The highest BCUT2D eigenvalue weighted by Crippen LogP contribution is 2.48. The van der Waals surface area contributed by atoms with Crippen LogP contribution in [0.5, 0.6) is 0 Å². The third-order valence-corrected chi connectivity index (χ3v) is 5.19. The molecule has 2 bridgehead atoms. The highest BCUT2D eigenvalue weighted by Gasteiger charge is 2.39. The molecular formula is C17H27N3. The van der Waals surface area contributed by atoms with Crippen molar-refractivity contribution in [3.05, 3.63) is 23.9 Å². The van der Waals surface area contributed by atoms with Crippen molar-refractivity contribution < 1.29 is 0 Å². The average molecular weight is 273 g/mol. The first-order valence-corrected chi connectivity index (χ1v) is 8.13. The summed E-state index contributed by atoms with van der Waals surface area (Å²) in [6, 6.07) is 4.24. The van der Waals surface area contributed by atoms with Crippen molar-refractivity contribution in [2.75, 3.05) is 25.0 Å². The van der Waals surface area contributed by atoms with Crippen LogP contribution in [0.1, 0.15) is 38.2 Å². The van der Waals surface area contributed by atoms with E-state index in [4.69, 9.17) is 0 Å². The van der Waals surface area contributed by atoms with Crippen molar-refractivity contribution in [2.45, 2.75) is 39.2 Å². The van der Waals surface area contributed by atoms with Crippen molar-refractivity contribution >= 4 is 5.82 Å². The Morgan fingerprint density at radius 3 is 2.95 bits per heavy atom. The van der Waals surface area contributed by atoms with E-state index in [0.29, 0.717) is 0 Å². The van der Waals surface area contributed by atoms with Crippen LogP contribution in [-0.2, 0) is 6.54 Å². The van der Waals surface area contributed by atoms with Gasteiger partial charge in [-0.3, -0.25) is 0 Å². The molecule has 3 rings (SSSR count). The lowest BCUT2D eigenvalue weighted by molar-refractivity contribution is 0.337. The van der Waals surface area contributed by atoms with Crippen LogP contribution in [-0.4, -0.2) is 25.1 Å². The highest BCUT2D eigenvalue weighted by atomic mass is 15.2. The van der Waals surface area contributed by atoms with E-state index in [0.717, 1.165) is 36.7 Å². The summed E-state index contributed by atoms with van der Waals surface area (Å²) >= 11 is 0. The molecular weight excluding hydrogens is 246 g/mol. The average Bonchev–Trinajstić information content (AvgIpc) is 3.08. The zero-order valence-corrected chi connectivity index (χ0v) is 12.8. The van der Waals surface area contributed by atoms with Crippen LogP contribution in [0, 0.1) is 17.8 Å². The van der Waals surface area contributed by atoms with Gasteiger partial charge in [-0.25, -0.2) is 4.98 Å². The Labute approximate surface area is 122 Å². The molecule has 2 saturated carbocycles. The highest BCUT2D eigenvalue weighted by molar-refractivity contribution is 5.46. The standard InChI is InChI=1S/C17H27N3/c1-3-18-11-15-5-4-8-19-17(15)20(2)12-16-10-13-6-7-14(16)9-13/h4-5,8,13-14,16,18H,3,6-7,9-12H2,1-2H3. The normalized spacial score (nSPS) is 28.0. The quantitative estimate of drug-likeness (QED) is 0.863. The summed E-state index contributed by atoms with van der Waals surface area (Å²) in [6.07, 6.45) is 7.81. The van der Waals surface area contributed by atoms with E-state index in [1.807, 2.05) is 12.3 Å². The molecule has 0 spiro atoms. The molecule has 20 heavy (non-hydrogen) atoms. The number of nitrogens with zero attached hydrogens (tertiary/aromatic N) is 2. The molecule has 0 radical (unpaired) electrons. The smallest absolute Gasteiger partial charge is 0.132 e. The molecule has 1 N–H and O–H groups in total. The maximum atomic E-state index is 4.62. The van der Waals surface area contributed by atoms with Crippen LogP contribution >= 0.6 is 0 Å². The minimum Gasteiger partial charge on any atom is -0.359 e. The number of nitrogens with one attached hydrogen (secondary N) is 1. The summed E-state index contributed by atoms with van der Waals surface area (Å²) in [5.41, 5.74) is 1.32. The van der Waals surface area contributed by atoms with Crippen LogP contribution in [0.15, 0.2) is 18.3 Å². The molecule has 3 atom stereocenters. The number of hydrogen-bond donors (Lipinski definition) is 1. The summed E-state index contributed by atoms with van der Waals surface area (Å²) in [5, 5.41) is 3.41. The molecule has 2 aliphatic carbocycles. The molecule has 110 valence electrons. The predicted octanol–water partition coefficient (Wildman–Crippen LogP) is 3.06. The molecule has 0 aromatic carbocycles. The number of anilines is 1. The van der Waals surface area contributed by atoms with Crippen molar-refractivity contribution in [3.63, 3.8) is 0 Å². The fourth-order valence-electron chi connectivity index (χ4n) is 4.21. The van der Waals surface area contributed by atoms with Gasteiger partial charge in [0.05, 0.1) is 0 Å². The van der Waals surface area contributed by atoms with Crippen LogP contribution in [0.4, 0.5) is 5.82 Å². The van der Waals surface area contributed by atoms with Gasteiger partial charge in [-0.1, -0.05) is 19.4 Å². The van der Waals surface area contributed by atoms with Gasteiger partial charge in [0.2, 0.25) is 0 Å². The van der Waals surface area contributed by atoms with E-state index >= 15 is 0 Å². The largest absolute Gasteiger partial charge is 0.359 e. The minimum absolute atomic E-state index is 0.896. The number of pyridine rings is 1. The second-order valence-electron chi connectivity index (χ2n) is 6.58. The zero-order chi connectivity index (χ0) is 13.9. The monoisotopic (exact) mass is 273 g/mol. The maximum Gasteiger partial charge on any atom is 0.132 e. The lowest BCUT2D eigenvalue weighted by atomic mass is 9.88. The molecule has 1 aromatic rings. The lowest BCUT2D eigenvalue weighted by Gasteiger charge is -2.29. The molecule has 1 aromatic heterocycles. The van der Waals surface area contributed by atoms with Gasteiger partial charge in [-0.2, -0.15) is 0 Å². The Balaban J connectivity index is 1.65. The van der Waals surface area contributed by atoms with Gasteiger partial charge < -0.3 is 10.2 Å². The molecule has 0 aliphatic heterocycles. The SMILES string of the molecule is CCNCc1cccnc1N(C)CC1CC2CCC1C2. The Morgan fingerprint density at radius 1 is 1.35 bits per heavy atom. The van der Waals surface area contributed by atoms with Crippen molar-refractivity contribution in [1.29, 1.82) is 0 Å². The lowest BCUT2D eigenvalue weighted by Crippen LogP contribution is -2.30. The summed E-state index contributed by atoms with van der Waals surface area (Å²) in [5.74, 6) is 4.08. The fraction of sp³-hybridized carbons (Fsp3) is 0.706. The third-order valence-electron chi connectivity index (χ3n) is 5.19. The molecule has 3 nitrogen and oxygen atoms in total. The second-order valence-corrected chi connectivity index (χ2v) is 6.58. The Hall–Kier alpha value is -1.09. The van der Waals surface area contributed by atoms with Crippen molar-refractivity contribution in [1.82, 2.24) is 10.3 Å². The Kier molecular flexibility index (Phi) is 4.25. The molecule has 0 amide bonds. The van der Waals surface area contributed by atoms with Gasteiger partial charge in [0.1, 0.15) is 5.82 Å². The minimum atomic E-state index is 0.896. The summed E-state index contributed by atoms with van der Waals surface area (Å²) < 4.78 is 0. The van der Waals surface area contributed by atoms with Crippen LogP contribution < -0.4 is 10.2 Å². The van der Waals surface area contributed by atoms with Crippen molar-refractivity contribution in [2.24, 2.45) is 17.8 Å². The van der Waals surface area contributed by atoms with Crippen LogP contribution in [0.3, 0.4) is 0 Å². The van der Waals surface area contributed by atoms with Crippen LogP contribution in [0.25, 0.3) is 0 Å². The van der Waals surface area contributed by atoms with Gasteiger partial charge in [0.25, 0.3) is 0 Å². The van der Waals surface area contributed by atoms with Gasteiger partial charge in [-0.15, -0.1) is 0 Å². The van der Waals surface area contributed by atoms with E-state index in [1.54, 1.807) is 0 Å². The molecule has 3 heteroatoms. The Bertz CT molecular complexity index is 446. The van der Waals surface area contributed by atoms with Crippen molar-refractivity contribution in [3.8, 4) is 0 Å². The van der Waals surface area contributed by atoms with Crippen LogP contribution in [0.2, 0.25) is 0 Å². The topological polar surface area (TPSA) is 28.2 Å². The molecule has 0 saturated heterocycles. The number of rotatable bonds is 6. The molecule has 1 heterocycles. The van der Waals surface area contributed by atoms with Gasteiger partial charge in [0, 0.05) is 31.9 Å². The first-order valence-electron chi connectivity index (χ1n) is 8.13. The number of fused-ring (bicyclic) bond motifs is 2. The van der Waals surface area contributed by atoms with Gasteiger partial charge in [0.15, 0.2) is 0 Å². The summed E-state index contributed by atoms with van der Waals surface area (Å²) in [6.45, 7) is 5.25. The molecule has 2 aliphatic rings. The first kappa shape index (κ1) is 13.9. The molecule has 2 fully saturated rings. The maximum absolute atomic E-state index is 4.62. The Morgan fingerprint density at radius 2 is 2.25 bits per heavy atom. The third kappa shape index (κ3) is 2.83. The number of aromatic nitrogens is 1. The summed E-state index contributed by atoms with van der Waals surface area (Å²) in [4.78, 5) is 7.01.